The SMILES string of the molecule is C=CCS(=O)(=O)NC(C(=O)O)C1CC1. The molecule has 1 rings (SSSR count). The molecule has 6 heteroatoms. The molecule has 0 heterocycles. The van der Waals surface area contributed by atoms with Crippen LogP contribution in [-0.4, -0.2) is 31.3 Å². The van der Waals surface area contributed by atoms with E-state index in [4.69, 9.17) is 5.11 Å². The smallest absolute Gasteiger partial charge is 0.322 e. The van der Waals surface area contributed by atoms with E-state index in [9.17, 15) is 13.2 Å². The Labute approximate surface area is 82.9 Å². The van der Waals surface area contributed by atoms with Gasteiger partial charge in [-0.05, 0) is 18.8 Å². The van der Waals surface area contributed by atoms with Crippen LogP contribution >= 0.6 is 0 Å². The van der Waals surface area contributed by atoms with Gasteiger partial charge in [-0.1, -0.05) is 6.08 Å². The number of hydrogen-bond acceptors (Lipinski definition) is 3. The second-order valence-corrected chi connectivity index (χ2v) is 5.14. The second-order valence-electron chi connectivity index (χ2n) is 3.34. The van der Waals surface area contributed by atoms with Gasteiger partial charge in [0.1, 0.15) is 6.04 Å². The highest BCUT2D eigenvalue weighted by Crippen LogP contribution is 2.33. The van der Waals surface area contributed by atoms with Gasteiger partial charge in [0.15, 0.2) is 0 Å². The molecule has 1 aliphatic carbocycles. The first-order valence-corrected chi connectivity index (χ1v) is 5.95. The minimum atomic E-state index is -3.53. The molecule has 5 nitrogen and oxygen atoms in total. The highest BCUT2D eigenvalue weighted by atomic mass is 32.2. The van der Waals surface area contributed by atoms with Crippen molar-refractivity contribution in [3.8, 4) is 0 Å². The Morgan fingerprint density at radius 3 is 2.57 bits per heavy atom. The molecule has 0 aliphatic heterocycles. The molecule has 0 aromatic rings. The molecule has 2 N–H and O–H groups in total. The molecule has 0 aromatic heterocycles. The molecule has 80 valence electrons. The lowest BCUT2D eigenvalue weighted by molar-refractivity contribution is -0.139. The van der Waals surface area contributed by atoms with Gasteiger partial charge in [-0.25, -0.2) is 13.1 Å². The highest BCUT2D eigenvalue weighted by Gasteiger charge is 2.38. The largest absolute Gasteiger partial charge is 0.480 e. The van der Waals surface area contributed by atoms with Crippen molar-refractivity contribution >= 4 is 16.0 Å². The number of hydrogen-bond donors (Lipinski definition) is 2. The van der Waals surface area contributed by atoms with Gasteiger partial charge in [0.25, 0.3) is 0 Å². The van der Waals surface area contributed by atoms with Gasteiger partial charge in [0.2, 0.25) is 10.0 Å². The molecule has 0 saturated heterocycles. The van der Waals surface area contributed by atoms with E-state index >= 15 is 0 Å². The maximum Gasteiger partial charge on any atom is 0.322 e. The molecule has 1 atom stereocenters. The third-order valence-corrected chi connectivity index (χ3v) is 3.29. The Kier molecular flexibility index (Phi) is 3.28. The van der Waals surface area contributed by atoms with Gasteiger partial charge in [0, 0.05) is 0 Å². The maximum absolute atomic E-state index is 11.2. The summed E-state index contributed by atoms with van der Waals surface area (Å²) >= 11 is 0. The summed E-state index contributed by atoms with van der Waals surface area (Å²) in [4.78, 5) is 10.7. The van der Waals surface area contributed by atoms with Crippen molar-refractivity contribution in [2.24, 2.45) is 5.92 Å². The Balaban J connectivity index is 2.63. The van der Waals surface area contributed by atoms with E-state index in [1.54, 1.807) is 0 Å². The lowest BCUT2D eigenvalue weighted by Crippen LogP contribution is -2.43. The number of aliphatic carboxylic acids is 1. The minimum Gasteiger partial charge on any atom is -0.480 e. The van der Waals surface area contributed by atoms with Crippen molar-refractivity contribution in [3.05, 3.63) is 12.7 Å². The summed E-state index contributed by atoms with van der Waals surface area (Å²) in [5.41, 5.74) is 0. The van der Waals surface area contributed by atoms with E-state index in [1.807, 2.05) is 0 Å². The van der Waals surface area contributed by atoms with E-state index < -0.39 is 22.0 Å². The Hall–Kier alpha value is -0.880. The molecule has 0 spiro atoms. The van der Waals surface area contributed by atoms with Crippen LogP contribution in [0.4, 0.5) is 0 Å². The fourth-order valence-corrected chi connectivity index (χ4v) is 2.26. The zero-order valence-electron chi connectivity index (χ0n) is 7.64. The summed E-state index contributed by atoms with van der Waals surface area (Å²) in [6.07, 6.45) is 2.77. The lowest BCUT2D eigenvalue weighted by atomic mass is 10.2. The molecule has 1 aliphatic rings. The summed E-state index contributed by atoms with van der Waals surface area (Å²) in [6, 6.07) is -0.972. The number of rotatable bonds is 6. The van der Waals surface area contributed by atoms with Gasteiger partial charge >= 0.3 is 5.97 Å². The van der Waals surface area contributed by atoms with Crippen LogP contribution in [0.15, 0.2) is 12.7 Å². The fraction of sp³-hybridized carbons (Fsp3) is 0.625. The van der Waals surface area contributed by atoms with E-state index in [0.29, 0.717) is 0 Å². The standard InChI is InChI=1S/C8H13NO4S/c1-2-5-14(12,13)9-7(8(10)11)6-3-4-6/h2,6-7,9H,1,3-5H2,(H,10,11). The predicted molar refractivity (Wildman–Crippen MR) is 51.3 cm³/mol. The van der Waals surface area contributed by atoms with Gasteiger partial charge < -0.3 is 5.11 Å². The van der Waals surface area contributed by atoms with Crippen molar-refractivity contribution in [2.45, 2.75) is 18.9 Å². The van der Waals surface area contributed by atoms with Crippen molar-refractivity contribution < 1.29 is 18.3 Å². The third kappa shape index (κ3) is 3.12. The van der Waals surface area contributed by atoms with Crippen LogP contribution < -0.4 is 4.72 Å². The lowest BCUT2D eigenvalue weighted by Gasteiger charge is -2.12. The van der Waals surface area contributed by atoms with Crippen LogP contribution in [0, 0.1) is 5.92 Å². The van der Waals surface area contributed by atoms with Crippen molar-refractivity contribution in [2.75, 3.05) is 5.75 Å². The van der Waals surface area contributed by atoms with Crippen LogP contribution in [0.1, 0.15) is 12.8 Å². The van der Waals surface area contributed by atoms with Crippen molar-refractivity contribution in [1.29, 1.82) is 0 Å². The second kappa shape index (κ2) is 4.10. The average Bonchev–Trinajstić information content (AvgIpc) is 2.82. The summed E-state index contributed by atoms with van der Waals surface area (Å²) in [5, 5.41) is 8.76. The van der Waals surface area contributed by atoms with Crippen molar-refractivity contribution in [3.63, 3.8) is 0 Å². The number of carbonyl (C=O) groups is 1. The topological polar surface area (TPSA) is 83.5 Å². The van der Waals surface area contributed by atoms with E-state index in [-0.39, 0.29) is 11.7 Å². The van der Waals surface area contributed by atoms with Crippen LogP contribution in [-0.2, 0) is 14.8 Å². The zero-order valence-corrected chi connectivity index (χ0v) is 8.46. The first-order chi connectivity index (χ1) is 6.46. The predicted octanol–water partition coefficient (Wildman–Crippen LogP) is -0.0450. The molecule has 0 radical (unpaired) electrons. The number of sulfonamides is 1. The average molecular weight is 219 g/mol. The van der Waals surface area contributed by atoms with Crippen LogP contribution in [0.25, 0.3) is 0 Å². The van der Waals surface area contributed by atoms with E-state index in [1.165, 1.54) is 6.08 Å². The van der Waals surface area contributed by atoms with Crippen LogP contribution in [0.5, 0.6) is 0 Å². The van der Waals surface area contributed by atoms with E-state index in [0.717, 1.165) is 12.8 Å². The molecule has 1 unspecified atom stereocenters. The first-order valence-electron chi connectivity index (χ1n) is 4.30. The summed E-state index contributed by atoms with van der Waals surface area (Å²) < 4.78 is 24.6. The number of carboxylic acid groups (broad SMARTS) is 1. The van der Waals surface area contributed by atoms with Gasteiger partial charge in [-0.15, -0.1) is 6.58 Å². The molecule has 1 fully saturated rings. The number of nitrogens with one attached hydrogen (secondary N) is 1. The van der Waals surface area contributed by atoms with Gasteiger partial charge in [-0.2, -0.15) is 0 Å². The minimum absolute atomic E-state index is 0.0490. The molecular weight excluding hydrogens is 206 g/mol. The normalized spacial score (nSPS) is 18.9. The van der Waals surface area contributed by atoms with E-state index in [2.05, 4.69) is 11.3 Å². The maximum atomic E-state index is 11.2. The molecule has 0 bridgehead atoms. The van der Waals surface area contributed by atoms with Crippen LogP contribution in [0.3, 0.4) is 0 Å². The van der Waals surface area contributed by atoms with Crippen LogP contribution in [0.2, 0.25) is 0 Å². The van der Waals surface area contributed by atoms with Gasteiger partial charge in [-0.3, -0.25) is 4.79 Å². The highest BCUT2D eigenvalue weighted by molar-refractivity contribution is 7.89. The van der Waals surface area contributed by atoms with Gasteiger partial charge in [0.05, 0.1) is 5.75 Å². The Bertz CT molecular complexity index is 331. The molecule has 1 saturated carbocycles. The summed E-state index contributed by atoms with van der Waals surface area (Å²) in [7, 11) is -3.53. The van der Waals surface area contributed by atoms with Crippen molar-refractivity contribution in [1.82, 2.24) is 4.72 Å². The summed E-state index contributed by atoms with van der Waals surface area (Å²) in [6.45, 7) is 3.29. The Morgan fingerprint density at radius 1 is 1.64 bits per heavy atom. The first kappa shape index (κ1) is 11.2. The molecular formula is C8H13NO4S. The summed E-state index contributed by atoms with van der Waals surface area (Å²) in [5.74, 6) is -1.41. The Morgan fingerprint density at radius 2 is 2.21 bits per heavy atom. The monoisotopic (exact) mass is 219 g/mol. The zero-order chi connectivity index (χ0) is 10.8. The molecule has 14 heavy (non-hydrogen) atoms. The molecule has 0 aromatic carbocycles. The fourth-order valence-electron chi connectivity index (χ4n) is 1.17. The number of carboxylic acids is 1. The molecule has 0 amide bonds. The quantitative estimate of drug-likeness (QED) is 0.614. The third-order valence-electron chi connectivity index (χ3n) is 2.00.